The van der Waals surface area contributed by atoms with E-state index in [1.165, 1.54) is 5.56 Å². The fourth-order valence-electron chi connectivity index (χ4n) is 2.44. The molecule has 2 rings (SSSR count). The quantitative estimate of drug-likeness (QED) is 0.872. The number of rotatable bonds is 4. The van der Waals surface area contributed by atoms with Crippen LogP contribution in [-0.2, 0) is 5.41 Å². The molecule has 3 heteroatoms. The van der Waals surface area contributed by atoms with Crippen molar-refractivity contribution in [2.24, 2.45) is 5.73 Å². The number of fused-ring (bicyclic) bond motifs is 1. The Hall–Kier alpha value is -1.22. The summed E-state index contributed by atoms with van der Waals surface area (Å²) in [7, 11) is 0. The van der Waals surface area contributed by atoms with Gasteiger partial charge in [-0.05, 0) is 30.5 Å². The van der Waals surface area contributed by atoms with E-state index in [1.807, 2.05) is 6.07 Å². The Kier molecular flexibility index (Phi) is 3.57. The van der Waals surface area contributed by atoms with Gasteiger partial charge in [-0.25, -0.2) is 0 Å². The number of nitrogens with two attached hydrogens (primary N) is 1. The Morgan fingerprint density at radius 3 is 2.35 bits per heavy atom. The minimum atomic E-state index is 0.0653. The Labute approximate surface area is 103 Å². The van der Waals surface area contributed by atoms with E-state index in [0.717, 1.165) is 24.3 Å². The van der Waals surface area contributed by atoms with Crippen LogP contribution < -0.4 is 15.2 Å². The first-order valence-corrected chi connectivity index (χ1v) is 6.36. The lowest BCUT2D eigenvalue weighted by Gasteiger charge is -2.32. The Morgan fingerprint density at radius 2 is 1.76 bits per heavy atom. The number of ether oxygens (including phenoxy) is 2. The molecule has 1 aliphatic rings. The zero-order valence-corrected chi connectivity index (χ0v) is 10.7. The maximum atomic E-state index is 5.96. The second-order valence-electron chi connectivity index (χ2n) is 4.55. The molecule has 0 aliphatic carbocycles. The lowest BCUT2D eigenvalue weighted by atomic mass is 9.76. The third-order valence-electron chi connectivity index (χ3n) is 3.90. The SMILES string of the molecule is CCC(CC)(CN)c1ccc2c(c1)OCCO2. The summed E-state index contributed by atoms with van der Waals surface area (Å²) < 4.78 is 11.2. The van der Waals surface area contributed by atoms with Crippen molar-refractivity contribution in [1.29, 1.82) is 0 Å². The smallest absolute Gasteiger partial charge is 0.161 e. The molecule has 0 bridgehead atoms. The molecule has 0 fully saturated rings. The van der Waals surface area contributed by atoms with Gasteiger partial charge in [0.2, 0.25) is 0 Å². The van der Waals surface area contributed by atoms with E-state index in [4.69, 9.17) is 15.2 Å². The molecule has 0 saturated carbocycles. The van der Waals surface area contributed by atoms with Gasteiger partial charge in [0.15, 0.2) is 11.5 Å². The highest BCUT2D eigenvalue weighted by Crippen LogP contribution is 2.37. The van der Waals surface area contributed by atoms with E-state index in [1.54, 1.807) is 0 Å². The highest BCUT2D eigenvalue weighted by molar-refractivity contribution is 5.46. The molecule has 0 atom stereocenters. The van der Waals surface area contributed by atoms with Crippen LogP contribution in [0.25, 0.3) is 0 Å². The molecule has 0 spiro atoms. The van der Waals surface area contributed by atoms with E-state index in [2.05, 4.69) is 26.0 Å². The largest absolute Gasteiger partial charge is 0.486 e. The first-order chi connectivity index (χ1) is 8.25. The molecule has 0 aromatic heterocycles. The first kappa shape index (κ1) is 12.2. The van der Waals surface area contributed by atoms with E-state index in [-0.39, 0.29) is 5.41 Å². The molecule has 1 aromatic rings. The van der Waals surface area contributed by atoms with E-state index in [9.17, 15) is 0 Å². The summed E-state index contributed by atoms with van der Waals surface area (Å²) >= 11 is 0. The van der Waals surface area contributed by atoms with Crippen molar-refractivity contribution in [1.82, 2.24) is 0 Å². The van der Waals surface area contributed by atoms with Gasteiger partial charge in [0.1, 0.15) is 13.2 Å². The van der Waals surface area contributed by atoms with E-state index >= 15 is 0 Å². The second-order valence-corrected chi connectivity index (χ2v) is 4.55. The minimum Gasteiger partial charge on any atom is -0.486 e. The van der Waals surface area contributed by atoms with Gasteiger partial charge in [0, 0.05) is 12.0 Å². The summed E-state index contributed by atoms with van der Waals surface area (Å²) in [5.41, 5.74) is 7.29. The highest BCUT2D eigenvalue weighted by atomic mass is 16.6. The van der Waals surface area contributed by atoms with Crippen molar-refractivity contribution in [3.05, 3.63) is 23.8 Å². The van der Waals surface area contributed by atoms with Crippen LogP contribution in [0.1, 0.15) is 32.3 Å². The molecule has 1 heterocycles. The molecule has 17 heavy (non-hydrogen) atoms. The fraction of sp³-hybridized carbons (Fsp3) is 0.571. The molecular formula is C14H21NO2. The molecule has 1 aromatic carbocycles. The van der Waals surface area contributed by atoms with Crippen LogP contribution >= 0.6 is 0 Å². The molecule has 94 valence electrons. The first-order valence-electron chi connectivity index (χ1n) is 6.36. The topological polar surface area (TPSA) is 44.5 Å². The predicted octanol–water partition coefficient (Wildman–Crippen LogP) is 2.47. The Morgan fingerprint density at radius 1 is 1.12 bits per heavy atom. The lowest BCUT2D eigenvalue weighted by molar-refractivity contribution is 0.171. The Balaban J connectivity index is 2.38. The van der Waals surface area contributed by atoms with Gasteiger partial charge in [0.25, 0.3) is 0 Å². The summed E-state index contributed by atoms with van der Waals surface area (Å²) in [4.78, 5) is 0. The van der Waals surface area contributed by atoms with Crippen LogP contribution in [0.2, 0.25) is 0 Å². The van der Waals surface area contributed by atoms with Crippen molar-refractivity contribution in [2.75, 3.05) is 19.8 Å². The van der Waals surface area contributed by atoms with Crippen LogP contribution in [0.5, 0.6) is 11.5 Å². The van der Waals surface area contributed by atoms with Gasteiger partial charge in [-0.2, -0.15) is 0 Å². The summed E-state index contributed by atoms with van der Waals surface area (Å²) in [6, 6.07) is 6.21. The molecule has 0 saturated heterocycles. The van der Waals surface area contributed by atoms with Gasteiger partial charge in [0.05, 0.1) is 0 Å². The minimum absolute atomic E-state index is 0.0653. The zero-order chi connectivity index (χ0) is 12.3. The van der Waals surface area contributed by atoms with Gasteiger partial charge < -0.3 is 15.2 Å². The van der Waals surface area contributed by atoms with Crippen LogP contribution in [0, 0.1) is 0 Å². The molecule has 0 amide bonds. The van der Waals surface area contributed by atoms with E-state index in [0.29, 0.717) is 19.8 Å². The monoisotopic (exact) mass is 235 g/mol. The molecule has 1 aliphatic heterocycles. The number of benzene rings is 1. The predicted molar refractivity (Wildman–Crippen MR) is 68.7 cm³/mol. The number of hydrogen-bond acceptors (Lipinski definition) is 3. The highest BCUT2D eigenvalue weighted by Gasteiger charge is 2.28. The lowest BCUT2D eigenvalue weighted by Crippen LogP contribution is -2.34. The molecule has 0 radical (unpaired) electrons. The standard InChI is InChI=1S/C14H21NO2/c1-3-14(4-2,10-15)11-5-6-12-13(9-11)17-8-7-16-12/h5-6,9H,3-4,7-8,10,15H2,1-2H3. The van der Waals surface area contributed by atoms with Crippen molar-refractivity contribution in [3.8, 4) is 11.5 Å². The number of hydrogen-bond donors (Lipinski definition) is 1. The van der Waals surface area contributed by atoms with Crippen LogP contribution in [0.4, 0.5) is 0 Å². The zero-order valence-electron chi connectivity index (χ0n) is 10.7. The molecule has 2 N–H and O–H groups in total. The van der Waals surface area contributed by atoms with Crippen molar-refractivity contribution >= 4 is 0 Å². The van der Waals surface area contributed by atoms with Gasteiger partial charge >= 0.3 is 0 Å². The van der Waals surface area contributed by atoms with Crippen LogP contribution in [-0.4, -0.2) is 19.8 Å². The van der Waals surface area contributed by atoms with Gasteiger partial charge in [-0.3, -0.25) is 0 Å². The van der Waals surface area contributed by atoms with Crippen molar-refractivity contribution in [2.45, 2.75) is 32.1 Å². The van der Waals surface area contributed by atoms with Crippen molar-refractivity contribution < 1.29 is 9.47 Å². The third-order valence-corrected chi connectivity index (χ3v) is 3.90. The molecule has 3 nitrogen and oxygen atoms in total. The summed E-state index contributed by atoms with van der Waals surface area (Å²) in [5, 5.41) is 0. The van der Waals surface area contributed by atoms with E-state index < -0.39 is 0 Å². The maximum absolute atomic E-state index is 5.96. The average molecular weight is 235 g/mol. The normalized spacial score (nSPS) is 14.8. The second kappa shape index (κ2) is 4.96. The van der Waals surface area contributed by atoms with Crippen molar-refractivity contribution in [3.63, 3.8) is 0 Å². The Bertz CT molecular complexity index is 378. The fourth-order valence-corrected chi connectivity index (χ4v) is 2.44. The average Bonchev–Trinajstić information content (AvgIpc) is 2.41. The molecule has 0 unspecified atom stereocenters. The summed E-state index contributed by atoms with van der Waals surface area (Å²) in [6.07, 6.45) is 2.08. The van der Waals surface area contributed by atoms with Gasteiger partial charge in [-0.15, -0.1) is 0 Å². The molecular weight excluding hydrogens is 214 g/mol. The van der Waals surface area contributed by atoms with Gasteiger partial charge in [-0.1, -0.05) is 19.9 Å². The third kappa shape index (κ3) is 2.12. The van der Waals surface area contributed by atoms with Crippen LogP contribution in [0.15, 0.2) is 18.2 Å². The van der Waals surface area contributed by atoms with Crippen LogP contribution in [0.3, 0.4) is 0 Å². The summed E-state index contributed by atoms with van der Waals surface area (Å²) in [6.45, 7) is 6.31. The maximum Gasteiger partial charge on any atom is 0.161 e. The summed E-state index contributed by atoms with van der Waals surface area (Å²) in [5.74, 6) is 1.70.